The molecule has 1 N–H and O–H groups in total. The van der Waals surface area contributed by atoms with Crippen molar-refractivity contribution in [2.75, 3.05) is 13.2 Å². The van der Waals surface area contributed by atoms with Crippen LogP contribution >= 0.6 is 0 Å². The van der Waals surface area contributed by atoms with Crippen molar-refractivity contribution in [2.24, 2.45) is 0 Å². The van der Waals surface area contributed by atoms with Crippen LogP contribution in [0.1, 0.15) is 40.6 Å². The number of rotatable bonds is 4. The van der Waals surface area contributed by atoms with E-state index in [1.165, 1.54) is 0 Å². The Morgan fingerprint density at radius 1 is 1.15 bits per heavy atom. The molecule has 6 nitrogen and oxygen atoms in total. The maximum atomic E-state index is 11.1. The summed E-state index contributed by atoms with van der Waals surface area (Å²) in [6, 6.07) is 11.1. The van der Waals surface area contributed by atoms with Crippen LogP contribution in [0, 0.1) is 0 Å². The second-order valence-corrected chi connectivity index (χ2v) is 6.33. The van der Waals surface area contributed by atoms with Crippen molar-refractivity contribution in [2.45, 2.75) is 18.9 Å². The van der Waals surface area contributed by atoms with Gasteiger partial charge < -0.3 is 9.84 Å². The quantitative estimate of drug-likeness (QED) is 0.778. The first-order chi connectivity index (χ1) is 12.7. The van der Waals surface area contributed by atoms with Crippen molar-refractivity contribution in [3.63, 3.8) is 0 Å². The van der Waals surface area contributed by atoms with Crippen molar-refractivity contribution in [1.82, 2.24) is 14.8 Å². The monoisotopic (exact) mass is 349 g/mol. The SMILES string of the molecule is O=C(O)c1ccc2nc(C=Cc3ccnn3C3CCOCC3)ccc2c1. The fourth-order valence-corrected chi connectivity index (χ4v) is 3.23. The first kappa shape index (κ1) is 16.5. The molecule has 1 aliphatic rings. The molecule has 1 fully saturated rings. The summed E-state index contributed by atoms with van der Waals surface area (Å²) >= 11 is 0. The lowest BCUT2D eigenvalue weighted by atomic mass is 10.1. The average Bonchev–Trinajstić information content (AvgIpc) is 3.15. The minimum Gasteiger partial charge on any atom is -0.478 e. The van der Waals surface area contributed by atoms with Gasteiger partial charge in [0.05, 0.1) is 28.5 Å². The van der Waals surface area contributed by atoms with E-state index in [4.69, 9.17) is 9.84 Å². The van der Waals surface area contributed by atoms with Gasteiger partial charge in [-0.3, -0.25) is 4.68 Å². The summed E-state index contributed by atoms with van der Waals surface area (Å²) in [5.74, 6) is -0.933. The van der Waals surface area contributed by atoms with Crippen molar-refractivity contribution < 1.29 is 14.6 Å². The third-order valence-electron chi connectivity index (χ3n) is 4.62. The van der Waals surface area contributed by atoms with Crippen molar-refractivity contribution in [3.8, 4) is 0 Å². The molecule has 1 saturated heterocycles. The highest BCUT2D eigenvalue weighted by Crippen LogP contribution is 2.23. The van der Waals surface area contributed by atoms with Gasteiger partial charge >= 0.3 is 5.97 Å². The van der Waals surface area contributed by atoms with Crippen molar-refractivity contribution >= 4 is 29.0 Å². The number of benzene rings is 1. The Hall–Kier alpha value is -2.99. The average molecular weight is 349 g/mol. The van der Waals surface area contributed by atoms with Gasteiger partial charge in [-0.05, 0) is 55.3 Å². The minimum atomic E-state index is -0.933. The van der Waals surface area contributed by atoms with Crippen LogP contribution in [-0.4, -0.2) is 39.1 Å². The zero-order chi connectivity index (χ0) is 17.9. The Morgan fingerprint density at radius 2 is 2.00 bits per heavy atom. The number of nitrogens with zero attached hydrogens (tertiary/aromatic N) is 3. The summed E-state index contributed by atoms with van der Waals surface area (Å²) in [7, 11) is 0. The van der Waals surface area contributed by atoms with Gasteiger partial charge in [0.15, 0.2) is 0 Å². The molecule has 0 bridgehead atoms. The van der Waals surface area contributed by atoms with E-state index >= 15 is 0 Å². The van der Waals surface area contributed by atoms with Gasteiger partial charge in [-0.2, -0.15) is 5.10 Å². The van der Waals surface area contributed by atoms with E-state index in [2.05, 4.69) is 14.8 Å². The van der Waals surface area contributed by atoms with Gasteiger partial charge in [0.2, 0.25) is 0 Å². The van der Waals surface area contributed by atoms with Crippen molar-refractivity contribution in [3.05, 3.63) is 59.5 Å². The van der Waals surface area contributed by atoms with E-state index in [9.17, 15) is 4.79 Å². The van der Waals surface area contributed by atoms with Crippen LogP contribution in [0.2, 0.25) is 0 Å². The number of carboxylic acid groups (broad SMARTS) is 1. The molecule has 0 radical (unpaired) electrons. The molecule has 0 saturated carbocycles. The summed E-state index contributed by atoms with van der Waals surface area (Å²) in [6.45, 7) is 1.55. The summed E-state index contributed by atoms with van der Waals surface area (Å²) in [5.41, 5.74) is 2.90. The van der Waals surface area contributed by atoms with Crippen LogP contribution in [0.15, 0.2) is 42.6 Å². The molecule has 0 spiro atoms. The van der Waals surface area contributed by atoms with Gasteiger partial charge in [-0.1, -0.05) is 6.07 Å². The Balaban J connectivity index is 1.58. The van der Waals surface area contributed by atoms with Gasteiger partial charge in [-0.15, -0.1) is 0 Å². The van der Waals surface area contributed by atoms with Crippen LogP contribution < -0.4 is 0 Å². The standard InChI is InChI=1S/C20H19N3O3/c24-20(25)15-2-6-19-14(13-15)1-3-16(22-19)4-5-17-7-10-21-23(17)18-8-11-26-12-9-18/h1-7,10,13,18H,8-9,11-12H2,(H,24,25). The van der Waals surface area contributed by atoms with Crippen LogP contribution in [0.5, 0.6) is 0 Å². The lowest BCUT2D eigenvalue weighted by Crippen LogP contribution is -2.21. The number of aromatic nitrogens is 3. The van der Waals surface area contributed by atoms with E-state index < -0.39 is 5.97 Å². The highest BCUT2D eigenvalue weighted by Gasteiger charge is 2.17. The molecule has 0 amide bonds. The summed E-state index contributed by atoms with van der Waals surface area (Å²) in [6.07, 6.45) is 7.74. The zero-order valence-electron chi connectivity index (χ0n) is 14.2. The topological polar surface area (TPSA) is 77.2 Å². The van der Waals surface area contributed by atoms with E-state index in [-0.39, 0.29) is 5.56 Å². The van der Waals surface area contributed by atoms with E-state index in [1.807, 2.05) is 36.5 Å². The molecule has 2 aromatic heterocycles. The predicted molar refractivity (Wildman–Crippen MR) is 98.9 cm³/mol. The van der Waals surface area contributed by atoms with Gasteiger partial charge in [0.1, 0.15) is 0 Å². The van der Waals surface area contributed by atoms with E-state index in [0.29, 0.717) is 6.04 Å². The molecule has 1 aliphatic heterocycles. The predicted octanol–water partition coefficient (Wildman–Crippen LogP) is 3.65. The highest BCUT2D eigenvalue weighted by atomic mass is 16.5. The second-order valence-electron chi connectivity index (χ2n) is 6.33. The van der Waals surface area contributed by atoms with Crippen molar-refractivity contribution in [1.29, 1.82) is 0 Å². The Labute approximate surface area is 150 Å². The number of carbonyl (C=O) groups is 1. The molecule has 6 heteroatoms. The Bertz CT molecular complexity index is 971. The Kier molecular flexibility index (Phi) is 4.50. The first-order valence-electron chi connectivity index (χ1n) is 8.64. The van der Waals surface area contributed by atoms with Crippen LogP contribution in [0.25, 0.3) is 23.1 Å². The fraction of sp³-hybridized carbons (Fsp3) is 0.250. The molecule has 4 rings (SSSR count). The third kappa shape index (κ3) is 3.36. The molecule has 0 aliphatic carbocycles. The van der Waals surface area contributed by atoms with Crippen LogP contribution in [0.4, 0.5) is 0 Å². The molecule has 0 unspecified atom stereocenters. The first-order valence-corrected chi connectivity index (χ1v) is 8.64. The summed E-state index contributed by atoms with van der Waals surface area (Å²) in [4.78, 5) is 15.6. The number of fused-ring (bicyclic) bond motifs is 1. The molecular weight excluding hydrogens is 330 g/mol. The zero-order valence-corrected chi connectivity index (χ0v) is 14.2. The summed E-state index contributed by atoms with van der Waals surface area (Å²) < 4.78 is 7.48. The highest BCUT2D eigenvalue weighted by molar-refractivity contribution is 5.93. The molecule has 1 aromatic carbocycles. The smallest absolute Gasteiger partial charge is 0.335 e. The van der Waals surface area contributed by atoms with Gasteiger partial charge in [0.25, 0.3) is 0 Å². The molecule has 0 atom stereocenters. The van der Waals surface area contributed by atoms with Gasteiger partial charge in [-0.25, -0.2) is 9.78 Å². The molecular formula is C20H19N3O3. The molecule has 26 heavy (non-hydrogen) atoms. The largest absolute Gasteiger partial charge is 0.478 e. The number of hydrogen-bond acceptors (Lipinski definition) is 4. The lowest BCUT2D eigenvalue weighted by molar-refractivity contribution is 0.0660. The fourth-order valence-electron chi connectivity index (χ4n) is 3.23. The Morgan fingerprint density at radius 3 is 2.81 bits per heavy atom. The maximum absolute atomic E-state index is 11.1. The van der Waals surface area contributed by atoms with E-state index in [1.54, 1.807) is 18.2 Å². The van der Waals surface area contributed by atoms with E-state index in [0.717, 1.165) is 48.3 Å². The second kappa shape index (κ2) is 7.09. The maximum Gasteiger partial charge on any atom is 0.335 e. The number of hydrogen-bond donors (Lipinski definition) is 1. The van der Waals surface area contributed by atoms with Crippen LogP contribution in [0.3, 0.4) is 0 Å². The van der Waals surface area contributed by atoms with Gasteiger partial charge in [0, 0.05) is 24.8 Å². The lowest BCUT2D eigenvalue weighted by Gasteiger charge is -2.23. The number of pyridine rings is 1. The molecule has 132 valence electrons. The number of ether oxygens (including phenoxy) is 1. The molecule has 3 heterocycles. The molecule has 3 aromatic rings. The number of aromatic carboxylic acids is 1. The number of carboxylic acids is 1. The van der Waals surface area contributed by atoms with Crippen LogP contribution in [-0.2, 0) is 4.74 Å². The minimum absolute atomic E-state index is 0.267. The normalized spacial score (nSPS) is 15.7. The third-order valence-corrected chi connectivity index (χ3v) is 4.62. The summed E-state index contributed by atoms with van der Waals surface area (Å²) in [5, 5.41) is 14.4.